The van der Waals surface area contributed by atoms with Crippen LogP contribution < -0.4 is 0 Å². The fraction of sp³-hybridized carbons (Fsp3) is 0.143. The van der Waals surface area contributed by atoms with Gasteiger partial charge in [0.2, 0.25) is 0 Å². The Morgan fingerprint density at radius 3 is 2.50 bits per heavy atom. The van der Waals surface area contributed by atoms with Crippen molar-refractivity contribution in [1.29, 1.82) is 0 Å². The van der Waals surface area contributed by atoms with E-state index in [0.717, 1.165) is 6.08 Å². The summed E-state index contributed by atoms with van der Waals surface area (Å²) in [7, 11) is 0. The van der Waals surface area contributed by atoms with Crippen molar-refractivity contribution < 1.29 is 13.2 Å². The van der Waals surface area contributed by atoms with Crippen LogP contribution in [0.4, 0.5) is 13.2 Å². The summed E-state index contributed by atoms with van der Waals surface area (Å²) in [6, 6.07) is 0. The third-order valence-electron chi connectivity index (χ3n) is 1.51. The quantitative estimate of drug-likeness (QED) is 0.532. The van der Waals surface area contributed by atoms with Crippen LogP contribution in [0.3, 0.4) is 0 Å². The second kappa shape index (κ2) is 2.06. The molecule has 0 fully saturated rings. The van der Waals surface area contributed by atoms with Crippen molar-refractivity contribution in [2.75, 3.05) is 0 Å². The van der Waals surface area contributed by atoms with Gasteiger partial charge in [0.1, 0.15) is 5.71 Å². The van der Waals surface area contributed by atoms with Gasteiger partial charge >= 0.3 is 6.18 Å². The molecule has 2 heterocycles. The van der Waals surface area contributed by atoms with E-state index in [4.69, 9.17) is 0 Å². The lowest BCUT2D eigenvalue weighted by molar-refractivity contribution is -0.0575. The van der Waals surface area contributed by atoms with E-state index >= 15 is 0 Å². The molecule has 0 unspecified atom stereocenters. The van der Waals surface area contributed by atoms with Crippen LogP contribution in [-0.2, 0) is 0 Å². The molecule has 0 saturated carbocycles. The fourth-order valence-corrected chi connectivity index (χ4v) is 0.982. The maximum atomic E-state index is 12.0. The summed E-state index contributed by atoms with van der Waals surface area (Å²) in [5.41, 5.74) is -0.287. The molecule has 2 nitrogen and oxygen atoms in total. The number of hydrogen-bond acceptors (Lipinski definition) is 2. The lowest BCUT2D eigenvalue weighted by Gasteiger charge is -2.01. The smallest absolute Gasteiger partial charge is 0.254 e. The number of rotatable bonds is 0. The highest BCUT2D eigenvalue weighted by Gasteiger charge is 2.37. The van der Waals surface area contributed by atoms with Crippen molar-refractivity contribution >= 4 is 11.9 Å². The molecular formula is C7H3F3N2. The molecule has 12 heavy (non-hydrogen) atoms. The zero-order chi connectivity index (χ0) is 8.77. The first-order valence-electron chi connectivity index (χ1n) is 3.20. The van der Waals surface area contributed by atoms with Crippen LogP contribution in [0.25, 0.3) is 0 Å². The van der Waals surface area contributed by atoms with Crippen LogP contribution in [0, 0.1) is 0 Å². The Labute approximate surface area is 65.8 Å². The van der Waals surface area contributed by atoms with Gasteiger partial charge in [-0.25, -0.2) is 4.99 Å². The highest BCUT2D eigenvalue weighted by atomic mass is 19.4. The first-order valence-corrected chi connectivity index (χ1v) is 3.20. The van der Waals surface area contributed by atoms with Crippen LogP contribution in [0.1, 0.15) is 0 Å². The fourth-order valence-electron chi connectivity index (χ4n) is 0.982. The van der Waals surface area contributed by atoms with Crippen molar-refractivity contribution in [1.82, 2.24) is 0 Å². The largest absolute Gasteiger partial charge is 0.433 e. The van der Waals surface area contributed by atoms with E-state index in [0.29, 0.717) is 11.4 Å². The van der Waals surface area contributed by atoms with Crippen LogP contribution >= 0.6 is 0 Å². The molecule has 0 aromatic heterocycles. The maximum absolute atomic E-state index is 12.0. The normalized spacial score (nSPS) is 20.4. The van der Waals surface area contributed by atoms with E-state index < -0.39 is 11.9 Å². The number of alkyl halides is 3. The molecule has 0 bridgehead atoms. The van der Waals surface area contributed by atoms with Gasteiger partial charge in [0.15, 0.2) is 0 Å². The zero-order valence-electron chi connectivity index (χ0n) is 5.76. The second-order valence-corrected chi connectivity index (χ2v) is 2.35. The van der Waals surface area contributed by atoms with Gasteiger partial charge in [-0.05, 0) is 12.2 Å². The van der Waals surface area contributed by atoms with E-state index in [2.05, 4.69) is 9.98 Å². The Hall–Kier alpha value is -1.39. The molecule has 0 spiro atoms. The summed E-state index contributed by atoms with van der Waals surface area (Å²) < 4.78 is 36.0. The predicted octanol–water partition coefficient (Wildman–Crippen LogP) is 1.86. The predicted molar refractivity (Wildman–Crippen MR) is 38.1 cm³/mol. The number of hydrogen-bond donors (Lipinski definition) is 0. The first-order chi connectivity index (χ1) is 5.57. The molecule has 0 aromatic carbocycles. The van der Waals surface area contributed by atoms with Gasteiger partial charge in [-0.2, -0.15) is 13.2 Å². The Balaban J connectivity index is 2.37. The van der Waals surface area contributed by atoms with E-state index in [1.807, 2.05) is 0 Å². The van der Waals surface area contributed by atoms with Crippen LogP contribution in [-0.4, -0.2) is 18.1 Å². The highest BCUT2D eigenvalue weighted by Crippen LogP contribution is 2.30. The maximum Gasteiger partial charge on any atom is 0.433 e. The van der Waals surface area contributed by atoms with Gasteiger partial charge in [0.05, 0.1) is 11.4 Å². The molecule has 0 amide bonds. The van der Waals surface area contributed by atoms with Gasteiger partial charge in [-0.15, -0.1) is 0 Å². The minimum Gasteiger partial charge on any atom is -0.254 e. The summed E-state index contributed by atoms with van der Waals surface area (Å²) in [4.78, 5) is 7.05. The van der Waals surface area contributed by atoms with Gasteiger partial charge in [0, 0.05) is 6.21 Å². The van der Waals surface area contributed by atoms with Crippen molar-refractivity contribution in [2.45, 2.75) is 6.18 Å². The zero-order valence-corrected chi connectivity index (χ0v) is 5.76. The van der Waals surface area contributed by atoms with Crippen LogP contribution in [0.15, 0.2) is 33.5 Å². The lowest BCUT2D eigenvalue weighted by atomic mass is 10.3. The second-order valence-electron chi connectivity index (χ2n) is 2.35. The molecule has 0 radical (unpaired) electrons. The summed E-state index contributed by atoms with van der Waals surface area (Å²) >= 11 is 0. The number of allylic oxidation sites excluding steroid dienone is 2. The van der Waals surface area contributed by atoms with Crippen molar-refractivity contribution in [2.24, 2.45) is 9.98 Å². The van der Waals surface area contributed by atoms with Crippen LogP contribution in [0.5, 0.6) is 0 Å². The summed E-state index contributed by atoms with van der Waals surface area (Å²) in [5.74, 6) is 0. The summed E-state index contributed by atoms with van der Waals surface area (Å²) in [6.45, 7) is 0. The Kier molecular flexibility index (Phi) is 1.25. The monoisotopic (exact) mass is 172 g/mol. The first kappa shape index (κ1) is 7.27. The van der Waals surface area contributed by atoms with E-state index in [1.165, 1.54) is 12.3 Å². The van der Waals surface area contributed by atoms with E-state index in [-0.39, 0.29) is 0 Å². The minimum absolute atomic E-state index is 0.294. The number of nitrogens with zero attached hydrogens (tertiary/aromatic N) is 2. The number of halogens is 3. The Morgan fingerprint density at radius 1 is 1.17 bits per heavy atom. The topological polar surface area (TPSA) is 24.7 Å². The molecule has 0 aliphatic carbocycles. The van der Waals surface area contributed by atoms with Gasteiger partial charge < -0.3 is 0 Å². The average molecular weight is 172 g/mol. The van der Waals surface area contributed by atoms with E-state index in [1.54, 1.807) is 0 Å². The Bertz CT molecular complexity index is 344. The van der Waals surface area contributed by atoms with Gasteiger partial charge in [-0.1, -0.05) is 0 Å². The lowest BCUT2D eigenvalue weighted by Crippen LogP contribution is -2.19. The SMILES string of the molecule is FC(F)(F)C1=NC2=CC=NC2=C1. The Morgan fingerprint density at radius 2 is 1.92 bits per heavy atom. The van der Waals surface area contributed by atoms with Crippen molar-refractivity contribution in [3.05, 3.63) is 23.5 Å². The number of aliphatic imine (C=N–C) groups is 2. The van der Waals surface area contributed by atoms with Gasteiger partial charge in [-0.3, -0.25) is 4.99 Å². The average Bonchev–Trinajstić information content (AvgIpc) is 2.37. The molecule has 2 rings (SSSR count). The molecule has 0 atom stereocenters. The van der Waals surface area contributed by atoms with Gasteiger partial charge in [0.25, 0.3) is 0 Å². The van der Waals surface area contributed by atoms with Crippen molar-refractivity contribution in [3.63, 3.8) is 0 Å². The molecule has 2 aliphatic heterocycles. The highest BCUT2D eigenvalue weighted by molar-refractivity contribution is 6.05. The van der Waals surface area contributed by atoms with Crippen LogP contribution in [0.2, 0.25) is 0 Å². The molecule has 0 saturated heterocycles. The third-order valence-corrected chi connectivity index (χ3v) is 1.51. The minimum atomic E-state index is -4.37. The summed E-state index contributed by atoms with van der Waals surface area (Å²) in [5, 5.41) is 0. The van der Waals surface area contributed by atoms with E-state index in [9.17, 15) is 13.2 Å². The van der Waals surface area contributed by atoms with Crippen molar-refractivity contribution in [3.8, 4) is 0 Å². The molecule has 62 valence electrons. The molecule has 0 N–H and O–H groups in total. The molecule has 2 aliphatic rings. The third kappa shape index (κ3) is 0.975. The number of fused-ring (bicyclic) bond motifs is 1. The standard InChI is InChI=1S/C7H3F3N2/c8-7(9,10)6-3-5-4(12-6)1-2-11-5/h1-3H. The molecular weight excluding hydrogens is 169 g/mol. The molecule has 5 heteroatoms. The summed E-state index contributed by atoms with van der Waals surface area (Å²) in [6.07, 6.45) is -0.550. The molecule has 0 aromatic rings.